The fourth-order valence-corrected chi connectivity index (χ4v) is 5.53. The largest absolute Gasteiger partial charge is 0.478 e. The predicted octanol–water partition coefficient (Wildman–Crippen LogP) is 7.42. The highest BCUT2D eigenvalue weighted by atomic mass is 35.5. The van der Waals surface area contributed by atoms with Crippen molar-refractivity contribution in [1.82, 2.24) is 9.78 Å². The molecule has 0 aliphatic heterocycles. The summed E-state index contributed by atoms with van der Waals surface area (Å²) >= 11 is 24.9. The molecule has 0 atom stereocenters. The summed E-state index contributed by atoms with van der Waals surface area (Å²) in [7, 11) is 0. The van der Waals surface area contributed by atoms with E-state index in [-0.39, 0.29) is 49.0 Å². The minimum absolute atomic E-state index is 0.0316. The number of rotatable bonds is 9. The molecule has 1 heterocycles. The van der Waals surface area contributed by atoms with Crippen LogP contribution in [0.4, 0.5) is 22.9 Å². The lowest BCUT2D eigenvalue weighted by atomic mass is 10.1. The topological polar surface area (TPSA) is 183 Å². The monoisotopic (exact) mass is 713 g/mol. The molecule has 0 fully saturated rings. The molecule has 0 aliphatic rings. The first kappa shape index (κ1) is 33.1. The highest BCUT2D eigenvalue weighted by Gasteiger charge is 2.19. The average Bonchev–Trinajstić information content (AvgIpc) is 3.37. The third-order valence-corrected chi connectivity index (χ3v) is 7.68. The summed E-state index contributed by atoms with van der Waals surface area (Å²) in [5.41, 5.74) is -0.341. The van der Waals surface area contributed by atoms with Crippen LogP contribution in [0.5, 0.6) is 0 Å². The standard InChI is InChI=1S/C31H19Cl4N5O7/c32-17-10-21(34)27(22(35)11-17)40-26(41)13-25(39-40)37-24-12-18(5-6-20(24)33)36-28(42)14-2-1-3-15(8-14)29(43)38-23-7-4-16(30(44)45)9-19(23)31(46)47/h1-13,37,39H,(H,36,42)(H,38,43)(H,44,45)(H,46,47). The van der Waals surface area contributed by atoms with E-state index in [0.717, 1.165) is 16.8 Å². The van der Waals surface area contributed by atoms with E-state index in [1.54, 1.807) is 0 Å². The number of aromatic amines is 1. The van der Waals surface area contributed by atoms with Crippen LogP contribution in [0.1, 0.15) is 41.4 Å². The van der Waals surface area contributed by atoms with Crippen molar-refractivity contribution in [2.45, 2.75) is 0 Å². The van der Waals surface area contributed by atoms with Gasteiger partial charge < -0.3 is 26.2 Å². The Bertz CT molecular complexity index is 2140. The van der Waals surface area contributed by atoms with Gasteiger partial charge in [-0.2, -0.15) is 0 Å². The van der Waals surface area contributed by atoms with Crippen LogP contribution >= 0.6 is 46.4 Å². The molecule has 0 saturated carbocycles. The Morgan fingerprint density at radius 1 is 0.660 bits per heavy atom. The number of benzene rings is 4. The second-order valence-corrected chi connectivity index (χ2v) is 11.4. The van der Waals surface area contributed by atoms with Crippen molar-refractivity contribution in [2.75, 3.05) is 16.0 Å². The van der Waals surface area contributed by atoms with E-state index in [1.165, 1.54) is 66.7 Å². The average molecular weight is 715 g/mol. The Morgan fingerprint density at radius 2 is 1.32 bits per heavy atom. The lowest BCUT2D eigenvalue weighted by Crippen LogP contribution is -2.17. The third-order valence-electron chi connectivity index (χ3n) is 6.55. The molecule has 0 aliphatic carbocycles. The number of anilines is 4. The van der Waals surface area contributed by atoms with Gasteiger partial charge >= 0.3 is 11.9 Å². The van der Waals surface area contributed by atoms with E-state index < -0.39 is 34.9 Å². The number of amides is 2. The quantitative estimate of drug-likeness (QED) is 0.0911. The molecule has 0 saturated heterocycles. The maximum atomic E-state index is 13.1. The number of carboxylic acids is 2. The number of aromatic carboxylic acids is 2. The number of hydrogen-bond acceptors (Lipinski definition) is 6. The predicted molar refractivity (Wildman–Crippen MR) is 179 cm³/mol. The Hall–Kier alpha value is -5.27. The summed E-state index contributed by atoms with van der Waals surface area (Å²) < 4.78 is 1.12. The maximum absolute atomic E-state index is 13.1. The zero-order valence-electron chi connectivity index (χ0n) is 23.4. The number of nitrogens with one attached hydrogen (secondary N) is 4. The molecule has 0 spiro atoms. The summed E-state index contributed by atoms with van der Waals surface area (Å²) in [4.78, 5) is 61.6. The molecule has 16 heteroatoms. The molecule has 1 aromatic heterocycles. The van der Waals surface area contributed by atoms with Gasteiger partial charge in [-0.3, -0.25) is 19.5 Å². The van der Waals surface area contributed by atoms with E-state index in [9.17, 15) is 29.1 Å². The Kier molecular flexibility index (Phi) is 9.59. The molecular formula is C31H19Cl4N5O7. The van der Waals surface area contributed by atoms with E-state index in [2.05, 4.69) is 21.0 Å². The Balaban J connectivity index is 1.32. The minimum Gasteiger partial charge on any atom is -0.478 e. The van der Waals surface area contributed by atoms with Crippen LogP contribution in [0.25, 0.3) is 5.69 Å². The summed E-state index contributed by atoms with van der Waals surface area (Å²) in [6.45, 7) is 0. The summed E-state index contributed by atoms with van der Waals surface area (Å²) in [6.07, 6.45) is 0. The Morgan fingerprint density at radius 3 is 1.96 bits per heavy atom. The summed E-state index contributed by atoms with van der Waals surface area (Å²) in [5.74, 6) is -3.86. The molecule has 5 rings (SSSR count). The molecular weight excluding hydrogens is 696 g/mol. The first-order valence-electron chi connectivity index (χ1n) is 13.2. The first-order valence-corrected chi connectivity index (χ1v) is 14.7. The highest BCUT2D eigenvalue weighted by Crippen LogP contribution is 2.32. The van der Waals surface area contributed by atoms with Crippen molar-refractivity contribution in [1.29, 1.82) is 0 Å². The summed E-state index contributed by atoms with van der Waals surface area (Å²) in [6, 6.07) is 17.6. The second-order valence-electron chi connectivity index (χ2n) is 9.74. The zero-order chi connectivity index (χ0) is 34.0. The fourth-order valence-electron chi connectivity index (χ4n) is 4.38. The van der Waals surface area contributed by atoms with Crippen LogP contribution in [0.3, 0.4) is 0 Å². The minimum atomic E-state index is -1.44. The molecule has 0 unspecified atom stereocenters. The zero-order valence-corrected chi connectivity index (χ0v) is 26.4. The van der Waals surface area contributed by atoms with Gasteiger partial charge in [0.15, 0.2) is 0 Å². The van der Waals surface area contributed by atoms with Crippen molar-refractivity contribution in [2.24, 2.45) is 0 Å². The third kappa shape index (κ3) is 7.42. The van der Waals surface area contributed by atoms with Crippen molar-refractivity contribution in [3.63, 3.8) is 0 Å². The van der Waals surface area contributed by atoms with Gasteiger partial charge in [-0.1, -0.05) is 52.5 Å². The van der Waals surface area contributed by atoms with Gasteiger partial charge in [0.25, 0.3) is 17.4 Å². The van der Waals surface area contributed by atoms with Crippen molar-refractivity contribution in [3.8, 4) is 5.69 Å². The number of carbonyl (C=O) groups is 4. The van der Waals surface area contributed by atoms with E-state index in [0.29, 0.717) is 16.4 Å². The van der Waals surface area contributed by atoms with Crippen LogP contribution in [0.15, 0.2) is 83.7 Å². The SMILES string of the molecule is O=C(O)c1ccc(NC(=O)c2cccc(C(=O)Nc3ccc(Cl)c(Nc4cc(=O)n(-c5c(Cl)cc(Cl)cc5Cl)[nH]4)c3)c2)c(C(=O)O)c1. The molecule has 47 heavy (non-hydrogen) atoms. The number of halogens is 4. The number of H-pyrrole nitrogens is 1. The van der Waals surface area contributed by atoms with E-state index in [4.69, 9.17) is 51.5 Å². The smallest absolute Gasteiger partial charge is 0.337 e. The number of carbonyl (C=O) groups excluding carboxylic acids is 2. The van der Waals surface area contributed by atoms with Crippen LogP contribution in [0, 0.1) is 0 Å². The van der Waals surface area contributed by atoms with E-state index in [1.807, 2.05) is 0 Å². The van der Waals surface area contributed by atoms with Crippen LogP contribution in [-0.4, -0.2) is 43.7 Å². The van der Waals surface area contributed by atoms with Gasteiger partial charge in [0.1, 0.15) is 11.5 Å². The van der Waals surface area contributed by atoms with Crippen molar-refractivity contribution < 1.29 is 29.4 Å². The molecule has 238 valence electrons. The summed E-state index contributed by atoms with van der Waals surface area (Å²) in [5, 5.41) is 30.4. The Labute approximate surface area is 284 Å². The molecule has 0 radical (unpaired) electrons. The lowest BCUT2D eigenvalue weighted by molar-refractivity contribution is 0.0696. The molecule has 0 bridgehead atoms. The van der Waals surface area contributed by atoms with Crippen molar-refractivity contribution >= 4 is 93.0 Å². The van der Waals surface area contributed by atoms with Crippen LogP contribution in [-0.2, 0) is 0 Å². The highest BCUT2D eigenvalue weighted by molar-refractivity contribution is 6.40. The molecule has 5 aromatic rings. The van der Waals surface area contributed by atoms with E-state index >= 15 is 0 Å². The number of hydrogen-bond donors (Lipinski definition) is 6. The lowest BCUT2D eigenvalue weighted by Gasteiger charge is -2.12. The fraction of sp³-hybridized carbons (Fsp3) is 0. The van der Waals surface area contributed by atoms with Crippen LogP contribution in [0.2, 0.25) is 20.1 Å². The number of carboxylic acid groups (broad SMARTS) is 2. The first-order chi connectivity index (χ1) is 22.3. The van der Waals surface area contributed by atoms with Gasteiger partial charge in [-0.25, -0.2) is 14.3 Å². The van der Waals surface area contributed by atoms with Gasteiger partial charge in [-0.15, -0.1) is 0 Å². The molecule has 6 N–H and O–H groups in total. The molecule has 2 amide bonds. The van der Waals surface area contributed by atoms with Crippen molar-refractivity contribution in [3.05, 3.63) is 132 Å². The number of nitrogens with zero attached hydrogens (tertiary/aromatic N) is 1. The van der Waals surface area contributed by atoms with Gasteiger partial charge in [0.05, 0.1) is 37.6 Å². The molecule has 4 aromatic carbocycles. The second kappa shape index (κ2) is 13.6. The normalized spacial score (nSPS) is 10.7. The van der Waals surface area contributed by atoms with Gasteiger partial charge in [0.2, 0.25) is 0 Å². The number of aromatic nitrogens is 2. The van der Waals surface area contributed by atoms with Gasteiger partial charge in [-0.05, 0) is 66.7 Å². The van der Waals surface area contributed by atoms with Crippen LogP contribution < -0.4 is 21.5 Å². The maximum Gasteiger partial charge on any atom is 0.337 e. The molecule has 12 nitrogen and oxygen atoms in total. The van der Waals surface area contributed by atoms with Gasteiger partial charge in [0, 0.05) is 27.9 Å².